The molecule has 2 aromatic rings. The Hall–Kier alpha value is -2.36. The molecule has 0 aromatic heterocycles. The molecular formula is C26H51NO3. The van der Waals surface area contributed by atoms with Crippen LogP contribution in [0.5, 0.6) is 5.75 Å². The second-order valence-corrected chi connectivity index (χ2v) is 5.20. The van der Waals surface area contributed by atoms with E-state index >= 15 is 0 Å². The van der Waals surface area contributed by atoms with Crippen LogP contribution >= 0.6 is 0 Å². The average Bonchev–Trinajstić information content (AvgIpc) is 2.68. The van der Waals surface area contributed by atoms with Crippen LogP contribution in [0.25, 0.3) is 0 Å². The number of para-hydroxylation sites is 1. The van der Waals surface area contributed by atoms with E-state index in [0.717, 1.165) is 12.8 Å². The lowest BCUT2D eigenvalue weighted by molar-refractivity contribution is -0.445. The fraction of sp³-hybridized carbons (Fsp3) is 0.538. The first-order valence-electron chi connectivity index (χ1n) is 9.99. The normalized spacial score (nSPS) is 7.03. The second-order valence-electron chi connectivity index (χ2n) is 5.20. The van der Waals surface area contributed by atoms with Crippen LogP contribution in [0.4, 0.5) is 0 Å². The van der Waals surface area contributed by atoms with Crippen LogP contribution in [-0.4, -0.2) is 19.1 Å². The van der Waals surface area contributed by atoms with Gasteiger partial charge in [0.1, 0.15) is 5.75 Å². The van der Waals surface area contributed by atoms with E-state index in [1.165, 1.54) is 23.1 Å². The summed E-state index contributed by atoms with van der Waals surface area (Å²) in [6.07, 6.45) is 1.25. The van der Waals surface area contributed by atoms with Gasteiger partial charge >= 0.3 is 0 Å². The van der Waals surface area contributed by atoms with Crippen LogP contribution < -0.4 is 4.74 Å². The molecule has 0 aliphatic carbocycles. The number of hydrogen-bond donors (Lipinski definition) is 0. The molecule has 0 radical (unpaired) electrons. The van der Waals surface area contributed by atoms with Gasteiger partial charge in [-0.2, -0.15) is 0 Å². The highest BCUT2D eigenvalue weighted by Crippen LogP contribution is 2.14. The number of rotatable bonds is 1. The van der Waals surface area contributed by atoms with Gasteiger partial charge in [0.15, 0.2) is 7.05 Å². The maximum Gasteiger partial charge on any atom is 0.194 e. The predicted octanol–water partition coefficient (Wildman–Crippen LogP) is 8.94. The van der Waals surface area contributed by atoms with Crippen molar-refractivity contribution < 1.29 is 9.66 Å². The number of aryl methyl sites for hydroxylation is 3. The molecule has 0 aliphatic rings. The number of nitro groups is 1. The van der Waals surface area contributed by atoms with Crippen molar-refractivity contribution in [3.8, 4) is 5.75 Å². The lowest BCUT2D eigenvalue weighted by atomic mass is 10.1. The third-order valence-electron chi connectivity index (χ3n) is 2.74. The highest BCUT2D eigenvalue weighted by atomic mass is 16.6. The van der Waals surface area contributed by atoms with E-state index < -0.39 is 4.92 Å². The van der Waals surface area contributed by atoms with Crippen LogP contribution in [0.15, 0.2) is 48.5 Å². The summed E-state index contributed by atoms with van der Waals surface area (Å²) in [5.74, 6) is 0.956. The molecule has 0 bridgehead atoms. The molecule has 2 aromatic carbocycles. The minimum absolute atomic E-state index is 0. The lowest BCUT2D eigenvalue weighted by Gasteiger charge is -2.00. The van der Waals surface area contributed by atoms with Gasteiger partial charge in [-0.25, -0.2) is 0 Å². The van der Waals surface area contributed by atoms with Crippen LogP contribution in [0, 0.1) is 30.9 Å². The summed E-state index contributed by atoms with van der Waals surface area (Å²) in [5, 5.41) is 8.81. The molecule has 0 amide bonds. The van der Waals surface area contributed by atoms with Gasteiger partial charge in [-0.1, -0.05) is 105 Å². The highest BCUT2D eigenvalue weighted by Gasteiger charge is 1.90. The van der Waals surface area contributed by atoms with Crippen LogP contribution in [-0.2, 0) is 0 Å². The summed E-state index contributed by atoms with van der Waals surface area (Å²) >= 11 is 0. The molecule has 0 heterocycles. The first kappa shape index (κ1) is 41.9. The molecule has 4 heteroatoms. The van der Waals surface area contributed by atoms with Crippen molar-refractivity contribution in [2.75, 3.05) is 14.2 Å². The minimum atomic E-state index is -0.500. The monoisotopic (exact) mass is 425 g/mol. The standard InChI is InChI=1S/C8H10O.C8H10.C3H8.2C2H6.CH3NO2.2CH4/c1-7-5-3-4-6-8(7)9-2;1-7-5-3-4-6-8(7)2;1-3-2;2*1-2;1-2(3)4;;/h3-6H,1-2H3;3-6H,1-2H3;3H2,1-2H3;2*1-2H3;1H3;2*1H4. The lowest BCUT2D eigenvalue weighted by Crippen LogP contribution is -1.84. The quantitative estimate of drug-likeness (QED) is 0.338. The van der Waals surface area contributed by atoms with Crippen molar-refractivity contribution in [3.63, 3.8) is 0 Å². The molecule has 0 fully saturated rings. The Morgan fingerprint density at radius 2 is 1.00 bits per heavy atom. The molecule has 0 saturated carbocycles. The van der Waals surface area contributed by atoms with E-state index in [1.807, 2.05) is 58.9 Å². The molecule has 0 unspecified atom stereocenters. The van der Waals surface area contributed by atoms with Crippen molar-refractivity contribution in [1.29, 1.82) is 0 Å². The SMILES string of the molecule is C.C.CC.CC.CCC.COc1ccccc1C.C[N+](=O)[O-].Cc1ccccc1C. The van der Waals surface area contributed by atoms with Crippen molar-refractivity contribution in [1.82, 2.24) is 0 Å². The third-order valence-corrected chi connectivity index (χ3v) is 2.74. The van der Waals surface area contributed by atoms with Gasteiger partial charge in [0.05, 0.1) is 7.11 Å². The second kappa shape index (κ2) is 34.2. The summed E-state index contributed by atoms with van der Waals surface area (Å²) in [6, 6.07) is 16.3. The zero-order chi connectivity index (χ0) is 23.0. The van der Waals surface area contributed by atoms with E-state index in [-0.39, 0.29) is 14.9 Å². The smallest absolute Gasteiger partial charge is 0.194 e. The largest absolute Gasteiger partial charge is 0.496 e. The van der Waals surface area contributed by atoms with Gasteiger partial charge in [-0.05, 0) is 43.5 Å². The van der Waals surface area contributed by atoms with Crippen LogP contribution in [0.2, 0.25) is 0 Å². The Labute approximate surface area is 188 Å². The van der Waals surface area contributed by atoms with Crippen LogP contribution in [0.1, 0.15) is 79.5 Å². The van der Waals surface area contributed by atoms with Gasteiger partial charge in [-0.3, -0.25) is 10.1 Å². The Kier molecular flexibility index (Phi) is 47.7. The summed E-state index contributed by atoms with van der Waals surface area (Å²) in [5.41, 5.74) is 3.92. The highest BCUT2D eigenvalue weighted by molar-refractivity contribution is 5.31. The maximum atomic E-state index is 8.81. The van der Waals surface area contributed by atoms with Gasteiger partial charge in [-0.15, -0.1) is 0 Å². The third kappa shape index (κ3) is 33.2. The van der Waals surface area contributed by atoms with Gasteiger partial charge in [0, 0.05) is 4.92 Å². The molecule has 178 valence electrons. The van der Waals surface area contributed by atoms with E-state index in [2.05, 4.69) is 52.0 Å². The maximum absolute atomic E-state index is 8.81. The van der Waals surface area contributed by atoms with Gasteiger partial charge < -0.3 is 4.74 Å². The number of ether oxygens (including phenoxy) is 1. The fourth-order valence-corrected chi connectivity index (χ4v) is 1.45. The van der Waals surface area contributed by atoms with E-state index in [4.69, 9.17) is 14.9 Å². The zero-order valence-corrected chi connectivity index (χ0v) is 20.0. The van der Waals surface area contributed by atoms with Crippen molar-refractivity contribution >= 4 is 0 Å². The Morgan fingerprint density at radius 1 is 0.767 bits per heavy atom. The molecule has 0 aliphatic heterocycles. The molecule has 0 saturated heterocycles. The summed E-state index contributed by atoms with van der Waals surface area (Å²) in [6.45, 7) is 18.5. The first-order chi connectivity index (χ1) is 13.3. The van der Waals surface area contributed by atoms with Crippen LogP contribution in [0.3, 0.4) is 0 Å². The van der Waals surface area contributed by atoms with Crippen molar-refractivity contribution in [2.24, 2.45) is 0 Å². The van der Waals surface area contributed by atoms with Gasteiger partial charge in [0.2, 0.25) is 0 Å². The molecule has 4 nitrogen and oxygen atoms in total. The molecule has 30 heavy (non-hydrogen) atoms. The number of hydrogen-bond acceptors (Lipinski definition) is 3. The van der Waals surface area contributed by atoms with Crippen molar-refractivity contribution in [2.45, 2.75) is 83.6 Å². The summed E-state index contributed by atoms with van der Waals surface area (Å²) < 4.78 is 5.04. The van der Waals surface area contributed by atoms with E-state index in [1.54, 1.807) is 7.11 Å². The molecule has 0 atom stereocenters. The Bertz CT molecular complexity index is 545. The number of methoxy groups -OCH3 is 1. The topological polar surface area (TPSA) is 52.4 Å². The predicted molar refractivity (Wildman–Crippen MR) is 139 cm³/mol. The average molecular weight is 426 g/mol. The molecule has 0 N–H and O–H groups in total. The Morgan fingerprint density at radius 3 is 1.17 bits per heavy atom. The Balaban J connectivity index is -0.0000000632. The van der Waals surface area contributed by atoms with Crippen molar-refractivity contribution in [3.05, 3.63) is 75.3 Å². The minimum Gasteiger partial charge on any atom is -0.496 e. The number of nitrogens with zero attached hydrogens (tertiary/aromatic N) is 1. The van der Waals surface area contributed by atoms with E-state index in [0.29, 0.717) is 0 Å². The molecular weight excluding hydrogens is 374 g/mol. The summed E-state index contributed by atoms with van der Waals surface area (Å²) in [4.78, 5) is 8.31. The van der Waals surface area contributed by atoms with E-state index in [9.17, 15) is 0 Å². The molecule has 2 rings (SSSR count). The number of benzene rings is 2. The van der Waals surface area contributed by atoms with Gasteiger partial charge in [0.25, 0.3) is 0 Å². The first-order valence-corrected chi connectivity index (χ1v) is 9.99. The fourth-order valence-electron chi connectivity index (χ4n) is 1.45. The zero-order valence-electron chi connectivity index (χ0n) is 20.0. The summed E-state index contributed by atoms with van der Waals surface area (Å²) in [7, 11) is 2.57. The molecule has 0 spiro atoms.